The van der Waals surface area contributed by atoms with E-state index in [1.54, 1.807) is 20.0 Å². The normalized spacial score (nSPS) is 9.58. The molecule has 0 spiro atoms. The fraction of sp³-hybridized carbons (Fsp3) is 0.250. The number of aromatic nitrogens is 2. The Hall–Kier alpha value is -1.09. The first-order chi connectivity index (χ1) is 5.69. The Morgan fingerprint density at radius 1 is 1.50 bits per heavy atom. The molecule has 1 heterocycles. The van der Waals surface area contributed by atoms with Gasteiger partial charge in [0.15, 0.2) is 0 Å². The van der Waals surface area contributed by atoms with Crippen molar-refractivity contribution < 1.29 is 0 Å². The highest BCUT2D eigenvalue weighted by atomic mass is 35.5. The van der Waals surface area contributed by atoms with Crippen molar-refractivity contribution in [3.63, 3.8) is 0 Å². The molecule has 0 unspecified atom stereocenters. The Morgan fingerprint density at radius 3 is 2.67 bits per heavy atom. The predicted molar refractivity (Wildman–Crippen MR) is 51.4 cm³/mol. The first-order valence-electron chi connectivity index (χ1n) is 3.53. The molecule has 1 aromatic rings. The standard InChI is InChI=1S/C8H10ClN3/c1-4-6-7(9)11-5(2)12-8(6)10-3/h4H,1H2,2-3H3,(H,10,11,12). The molecule has 4 heteroatoms. The average molecular weight is 184 g/mol. The maximum atomic E-state index is 5.85. The van der Waals surface area contributed by atoms with E-state index in [4.69, 9.17) is 11.6 Å². The summed E-state index contributed by atoms with van der Waals surface area (Å²) in [7, 11) is 1.78. The molecule has 0 radical (unpaired) electrons. The third-order valence-electron chi connectivity index (χ3n) is 1.45. The summed E-state index contributed by atoms with van der Waals surface area (Å²) in [5.41, 5.74) is 0.741. The van der Waals surface area contributed by atoms with Crippen LogP contribution in [0.25, 0.3) is 6.08 Å². The van der Waals surface area contributed by atoms with Crippen molar-refractivity contribution >= 4 is 23.5 Å². The Balaban J connectivity index is 3.33. The summed E-state index contributed by atoms with van der Waals surface area (Å²) in [6, 6.07) is 0. The lowest BCUT2D eigenvalue weighted by Crippen LogP contribution is -2.00. The van der Waals surface area contributed by atoms with E-state index in [0.717, 1.165) is 5.56 Å². The van der Waals surface area contributed by atoms with Gasteiger partial charge in [-0.3, -0.25) is 0 Å². The number of hydrogen-bond acceptors (Lipinski definition) is 3. The number of aryl methyl sites for hydroxylation is 1. The van der Waals surface area contributed by atoms with Gasteiger partial charge in [-0.2, -0.15) is 0 Å². The highest BCUT2D eigenvalue weighted by Crippen LogP contribution is 2.21. The zero-order valence-electron chi connectivity index (χ0n) is 7.06. The van der Waals surface area contributed by atoms with Crippen LogP contribution in [0.4, 0.5) is 5.82 Å². The van der Waals surface area contributed by atoms with E-state index < -0.39 is 0 Å². The first-order valence-corrected chi connectivity index (χ1v) is 3.91. The van der Waals surface area contributed by atoms with Crippen LogP contribution in [0.5, 0.6) is 0 Å². The van der Waals surface area contributed by atoms with E-state index in [9.17, 15) is 0 Å². The topological polar surface area (TPSA) is 37.8 Å². The Labute approximate surface area is 76.5 Å². The number of halogens is 1. The second-order valence-electron chi connectivity index (χ2n) is 2.28. The number of hydrogen-bond donors (Lipinski definition) is 1. The van der Waals surface area contributed by atoms with Gasteiger partial charge < -0.3 is 5.32 Å². The third kappa shape index (κ3) is 1.56. The summed E-state index contributed by atoms with van der Waals surface area (Å²) in [6.07, 6.45) is 1.63. The Kier molecular flexibility index (Phi) is 2.65. The van der Waals surface area contributed by atoms with Crippen molar-refractivity contribution in [2.45, 2.75) is 6.92 Å². The smallest absolute Gasteiger partial charge is 0.142 e. The van der Waals surface area contributed by atoms with E-state index in [1.807, 2.05) is 0 Å². The summed E-state index contributed by atoms with van der Waals surface area (Å²) in [4.78, 5) is 8.14. The van der Waals surface area contributed by atoms with Crippen molar-refractivity contribution in [2.75, 3.05) is 12.4 Å². The van der Waals surface area contributed by atoms with Crippen LogP contribution in [0.1, 0.15) is 11.4 Å². The molecule has 0 saturated heterocycles. The Bertz CT molecular complexity index is 309. The molecule has 0 aliphatic carbocycles. The average Bonchev–Trinajstić information content (AvgIpc) is 2.03. The maximum absolute atomic E-state index is 5.85. The van der Waals surface area contributed by atoms with Gasteiger partial charge in [-0.05, 0) is 6.92 Å². The molecule has 0 aliphatic heterocycles. The van der Waals surface area contributed by atoms with Crippen LogP contribution >= 0.6 is 11.6 Å². The van der Waals surface area contributed by atoms with Crippen LogP contribution in [0.2, 0.25) is 5.15 Å². The summed E-state index contributed by atoms with van der Waals surface area (Å²) in [5.74, 6) is 1.36. The minimum absolute atomic E-state index is 0.432. The Morgan fingerprint density at radius 2 is 2.17 bits per heavy atom. The summed E-state index contributed by atoms with van der Waals surface area (Å²) < 4.78 is 0. The second-order valence-corrected chi connectivity index (χ2v) is 2.64. The van der Waals surface area contributed by atoms with Gasteiger partial charge in [0.05, 0.1) is 5.56 Å². The summed E-state index contributed by atoms with van der Waals surface area (Å²) in [5, 5.41) is 3.35. The predicted octanol–water partition coefficient (Wildman–Crippen LogP) is 2.12. The van der Waals surface area contributed by atoms with E-state index in [1.165, 1.54) is 0 Å². The molecular formula is C8H10ClN3. The zero-order valence-corrected chi connectivity index (χ0v) is 7.81. The number of nitrogens with one attached hydrogen (secondary N) is 1. The maximum Gasteiger partial charge on any atom is 0.142 e. The summed E-state index contributed by atoms with van der Waals surface area (Å²) in [6.45, 7) is 5.42. The number of nitrogens with zero attached hydrogens (tertiary/aromatic N) is 2. The highest BCUT2D eigenvalue weighted by Gasteiger charge is 2.05. The third-order valence-corrected chi connectivity index (χ3v) is 1.74. The molecule has 0 aliphatic rings. The van der Waals surface area contributed by atoms with Gasteiger partial charge >= 0.3 is 0 Å². The van der Waals surface area contributed by atoms with Gasteiger partial charge in [0.2, 0.25) is 0 Å². The van der Waals surface area contributed by atoms with E-state index in [-0.39, 0.29) is 0 Å². The lowest BCUT2D eigenvalue weighted by molar-refractivity contribution is 1.05. The summed E-state index contributed by atoms with van der Waals surface area (Å²) >= 11 is 5.85. The van der Waals surface area contributed by atoms with Crippen LogP contribution in [-0.4, -0.2) is 17.0 Å². The molecule has 3 nitrogen and oxygen atoms in total. The minimum atomic E-state index is 0.432. The van der Waals surface area contributed by atoms with Crippen LogP contribution in [0.3, 0.4) is 0 Å². The van der Waals surface area contributed by atoms with Crippen LogP contribution in [0, 0.1) is 6.92 Å². The minimum Gasteiger partial charge on any atom is -0.372 e. The van der Waals surface area contributed by atoms with Gasteiger partial charge in [0.1, 0.15) is 16.8 Å². The molecule has 64 valence electrons. The molecule has 1 N–H and O–H groups in total. The van der Waals surface area contributed by atoms with Crippen molar-refractivity contribution in [2.24, 2.45) is 0 Å². The van der Waals surface area contributed by atoms with Crippen molar-refractivity contribution in [3.05, 3.63) is 23.1 Å². The molecule has 0 amide bonds. The molecule has 1 rings (SSSR count). The van der Waals surface area contributed by atoms with Gasteiger partial charge in [0.25, 0.3) is 0 Å². The quantitative estimate of drug-likeness (QED) is 0.714. The van der Waals surface area contributed by atoms with Crippen molar-refractivity contribution in [3.8, 4) is 0 Å². The lowest BCUT2D eigenvalue weighted by atomic mass is 10.3. The van der Waals surface area contributed by atoms with Gasteiger partial charge in [-0.1, -0.05) is 24.3 Å². The molecular weight excluding hydrogens is 174 g/mol. The van der Waals surface area contributed by atoms with Crippen molar-refractivity contribution in [1.82, 2.24) is 9.97 Å². The number of anilines is 1. The SMILES string of the molecule is C=Cc1c(Cl)nc(C)nc1NC. The van der Waals surface area contributed by atoms with E-state index >= 15 is 0 Å². The van der Waals surface area contributed by atoms with Gasteiger partial charge in [-0.15, -0.1) is 0 Å². The monoisotopic (exact) mass is 183 g/mol. The molecule has 1 aromatic heterocycles. The lowest BCUT2D eigenvalue weighted by Gasteiger charge is -2.05. The van der Waals surface area contributed by atoms with E-state index in [2.05, 4.69) is 21.9 Å². The first kappa shape index (κ1) is 9.00. The van der Waals surface area contributed by atoms with Crippen LogP contribution in [0.15, 0.2) is 6.58 Å². The number of rotatable bonds is 2. The van der Waals surface area contributed by atoms with Crippen LogP contribution < -0.4 is 5.32 Å². The molecule has 12 heavy (non-hydrogen) atoms. The molecule has 0 saturated carbocycles. The van der Waals surface area contributed by atoms with Crippen LogP contribution in [-0.2, 0) is 0 Å². The largest absolute Gasteiger partial charge is 0.372 e. The van der Waals surface area contributed by atoms with Gasteiger partial charge in [0, 0.05) is 7.05 Å². The fourth-order valence-electron chi connectivity index (χ4n) is 0.918. The second kappa shape index (κ2) is 3.54. The molecule has 0 atom stereocenters. The molecule has 0 aromatic carbocycles. The fourth-order valence-corrected chi connectivity index (χ4v) is 1.21. The highest BCUT2D eigenvalue weighted by molar-refractivity contribution is 6.31. The molecule has 0 bridgehead atoms. The zero-order chi connectivity index (χ0) is 9.14. The van der Waals surface area contributed by atoms with Crippen molar-refractivity contribution in [1.29, 1.82) is 0 Å². The van der Waals surface area contributed by atoms with E-state index in [0.29, 0.717) is 16.8 Å². The van der Waals surface area contributed by atoms with Gasteiger partial charge in [-0.25, -0.2) is 9.97 Å². The molecule has 0 fully saturated rings.